The van der Waals surface area contributed by atoms with Gasteiger partial charge in [-0.25, -0.2) is 0 Å². The standard InChI is InChI=1S/C12H23I/c1-5-9(2)8-10-6-7-12(3,4)11(10)13/h9-11H,5-8H2,1-4H3/t9-,10?,11?/m1/s1. The molecule has 0 amide bonds. The van der Waals surface area contributed by atoms with Crippen molar-refractivity contribution < 1.29 is 0 Å². The molecule has 13 heavy (non-hydrogen) atoms. The van der Waals surface area contributed by atoms with E-state index in [-0.39, 0.29) is 0 Å². The maximum absolute atomic E-state index is 2.69. The first-order chi connectivity index (χ1) is 5.97. The van der Waals surface area contributed by atoms with Crippen molar-refractivity contribution in [3.8, 4) is 0 Å². The van der Waals surface area contributed by atoms with Gasteiger partial charge in [0.25, 0.3) is 0 Å². The van der Waals surface area contributed by atoms with Gasteiger partial charge in [-0.2, -0.15) is 0 Å². The molecule has 1 saturated carbocycles. The Morgan fingerprint density at radius 2 is 2.08 bits per heavy atom. The number of hydrogen-bond acceptors (Lipinski definition) is 0. The maximum atomic E-state index is 2.69. The van der Waals surface area contributed by atoms with Crippen LogP contribution in [0.2, 0.25) is 0 Å². The van der Waals surface area contributed by atoms with Crippen LogP contribution in [0.3, 0.4) is 0 Å². The molecular weight excluding hydrogens is 271 g/mol. The molecule has 0 bridgehead atoms. The molecule has 0 spiro atoms. The fraction of sp³-hybridized carbons (Fsp3) is 1.00. The van der Waals surface area contributed by atoms with Crippen molar-refractivity contribution in [2.75, 3.05) is 0 Å². The van der Waals surface area contributed by atoms with Crippen LogP contribution in [0.5, 0.6) is 0 Å². The molecular formula is C12H23I. The molecule has 3 atom stereocenters. The lowest BCUT2D eigenvalue weighted by Crippen LogP contribution is -2.22. The highest BCUT2D eigenvalue weighted by atomic mass is 127. The fourth-order valence-corrected chi connectivity index (χ4v) is 3.37. The van der Waals surface area contributed by atoms with Crippen molar-refractivity contribution >= 4 is 22.6 Å². The predicted molar refractivity (Wildman–Crippen MR) is 68.4 cm³/mol. The fourth-order valence-electron chi connectivity index (χ4n) is 2.40. The molecule has 0 aromatic carbocycles. The van der Waals surface area contributed by atoms with Crippen molar-refractivity contribution in [2.24, 2.45) is 17.3 Å². The van der Waals surface area contributed by atoms with Crippen molar-refractivity contribution in [3.63, 3.8) is 0 Å². The van der Waals surface area contributed by atoms with Crippen LogP contribution in [-0.2, 0) is 0 Å². The van der Waals surface area contributed by atoms with Gasteiger partial charge in [-0.15, -0.1) is 0 Å². The first-order valence-electron chi connectivity index (χ1n) is 5.61. The number of halogens is 1. The van der Waals surface area contributed by atoms with Gasteiger partial charge in [-0.3, -0.25) is 0 Å². The van der Waals surface area contributed by atoms with Gasteiger partial charge in [0.15, 0.2) is 0 Å². The Bertz CT molecular complexity index is 163. The summed E-state index contributed by atoms with van der Waals surface area (Å²) in [5.74, 6) is 1.92. The zero-order chi connectivity index (χ0) is 10.1. The van der Waals surface area contributed by atoms with Crippen LogP contribution in [0.1, 0.15) is 53.4 Å². The molecule has 1 aliphatic rings. The van der Waals surface area contributed by atoms with E-state index in [2.05, 4.69) is 50.3 Å². The van der Waals surface area contributed by atoms with E-state index in [9.17, 15) is 0 Å². The van der Waals surface area contributed by atoms with Crippen molar-refractivity contribution in [1.82, 2.24) is 0 Å². The molecule has 1 heteroatoms. The van der Waals surface area contributed by atoms with Gasteiger partial charge >= 0.3 is 0 Å². The molecule has 2 unspecified atom stereocenters. The van der Waals surface area contributed by atoms with E-state index < -0.39 is 0 Å². The van der Waals surface area contributed by atoms with E-state index in [4.69, 9.17) is 0 Å². The Morgan fingerprint density at radius 3 is 2.46 bits per heavy atom. The second kappa shape index (κ2) is 4.50. The molecule has 0 radical (unpaired) electrons. The Morgan fingerprint density at radius 1 is 1.46 bits per heavy atom. The smallest absolute Gasteiger partial charge is 0.0189 e. The summed E-state index contributed by atoms with van der Waals surface area (Å²) in [4.78, 5) is 0. The molecule has 0 nitrogen and oxygen atoms in total. The largest absolute Gasteiger partial charge is 0.0817 e. The molecule has 0 aromatic rings. The van der Waals surface area contributed by atoms with Crippen LogP contribution >= 0.6 is 22.6 Å². The number of rotatable bonds is 3. The van der Waals surface area contributed by atoms with Gasteiger partial charge < -0.3 is 0 Å². The second-order valence-electron chi connectivity index (χ2n) is 5.44. The van der Waals surface area contributed by atoms with Crippen LogP contribution in [0.25, 0.3) is 0 Å². The van der Waals surface area contributed by atoms with Crippen LogP contribution in [-0.4, -0.2) is 3.92 Å². The quantitative estimate of drug-likeness (QED) is 0.524. The van der Waals surface area contributed by atoms with E-state index in [0.717, 1.165) is 15.8 Å². The first-order valence-corrected chi connectivity index (χ1v) is 6.86. The summed E-state index contributed by atoms with van der Waals surface area (Å²) in [6.45, 7) is 9.57. The third kappa shape index (κ3) is 2.84. The van der Waals surface area contributed by atoms with Crippen molar-refractivity contribution in [3.05, 3.63) is 0 Å². The second-order valence-corrected chi connectivity index (χ2v) is 6.78. The summed E-state index contributed by atoms with van der Waals surface area (Å²) in [7, 11) is 0. The maximum Gasteiger partial charge on any atom is 0.0189 e. The highest BCUT2D eigenvalue weighted by Gasteiger charge is 2.39. The minimum Gasteiger partial charge on any atom is -0.0817 e. The van der Waals surface area contributed by atoms with Crippen LogP contribution in [0.15, 0.2) is 0 Å². The number of hydrogen-bond donors (Lipinski definition) is 0. The van der Waals surface area contributed by atoms with Gasteiger partial charge in [0, 0.05) is 3.92 Å². The van der Waals surface area contributed by atoms with Crippen LogP contribution in [0, 0.1) is 17.3 Å². The summed E-state index contributed by atoms with van der Waals surface area (Å²) in [5, 5.41) is 0. The van der Waals surface area contributed by atoms with Crippen LogP contribution in [0.4, 0.5) is 0 Å². The van der Waals surface area contributed by atoms with E-state index in [1.807, 2.05) is 0 Å². The average Bonchev–Trinajstić information content (AvgIpc) is 2.32. The highest BCUT2D eigenvalue weighted by Crippen LogP contribution is 2.48. The number of alkyl halides is 1. The monoisotopic (exact) mass is 294 g/mol. The summed E-state index contributed by atoms with van der Waals surface area (Å²) >= 11 is 2.69. The van der Waals surface area contributed by atoms with E-state index >= 15 is 0 Å². The highest BCUT2D eigenvalue weighted by molar-refractivity contribution is 14.1. The Hall–Kier alpha value is 0.730. The summed E-state index contributed by atoms with van der Waals surface area (Å²) in [6.07, 6.45) is 5.69. The minimum absolute atomic E-state index is 0.596. The molecule has 0 aromatic heterocycles. The molecule has 0 heterocycles. The molecule has 78 valence electrons. The first kappa shape index (κ1) is 11.8. The third-order valence-corrected chi connectivity index (χ3v) is 6.43. The lowest BCUT2D eigenvalue weighted by molar-refractivity contribution is 0.354. The van der Waals surface area contributed by atoms with Crippen molar-refractivity contribution in [1.29, 1.82) is 0 Å². The van der Waals surface area contributed by atoms with E-state index in [1.54, 1.807) is 0 Å². The lowest BCUT2D eigenvalue weighted by atomic mass is 9.87. The van der Waals surface area contributed by atoms with Gasteiger partial charge in [-0.1, -0.05) is 56.7 Å². The third-order valence-electron chi connectivity index (χ3n) is 3.72. The van der Waals surface area contributed by atoms with Gasteiger partial charge in [0.05, 0.1) is 0 Å². The Balaban J connectivity index is 2.46. The topological polar surface area (TPSA) is 0 Å². The molecule has 0 saturated heterocycles. The lowest BCUT2D eigenvalue weighted by Gasteiger charge is -2.26. The molecule has 0 N–H and O–H groups in total. The summed E-state index contributed by atoms with van der Waals surface area (Å²) < 4.78 is 0.902. The predicted octanol–water partition coefficient (Wildman–Crippen LogP) is 4.66. The SMILES string of the molecule is CC[C@@H](C)CC1CCC(C)(C)C1I. The van der Waals surface area contributed by atoms with E-state index in [1.165, 1.54) is 25.7 Å². The molecule has 1 aliphatic carbocycles. The molecule has 0 aliphatic heterocycles. The van der Waals surface area contributed by atoms with Gasteiger partial charge in [-0.05, 0) is 36.5 Å². The van der Waals surface area contributed by atoms with Gasteiger partial charge in [0.2, 0.25) is 0 Å². The van der Waals surface area contributed by atoms with Gasteiger partial charge in [0.1, 0.15) is 0 Å². The summed E-state index contributed by atoms with van der Waals surface area (Å²) in [6, 6.07) is 0. The Labute approximate surface area is 97.0 Å². The zero-order valence-corrected chi connectivity index (χ0v) is 11.6. The summed E-state index contributed by atoms with van der Waals surface area (Å²) in [5.41, 5.74) is 0.596. The molecule has 1 rings (SSSR count). The van der Waals surface area contributed by atoms with E-state index in [0.29, 0.717) is 5.41 Å². The average molecular weight is 294 g/mol. The van der Waals surface area contributed by atoms with Crippen LogP contribution < -0.4 is 0 Å². The Kier molecular flexibility index (Phi) is 4.09. The minimum atomic E-state index is 0.596. The van der Waals surface area contributed by atoms with Crippen molar-refractivity contribution in [2.45, 2.75) is 57.3 Å². The normalized spacial score (nSPS) is 34.8. The zero-order valence-electron chi connectivity index (χ0n) is 9.44. The molecule has 1 fully saturated rings.